The molecule has 0 saturated heterocycles. The van der Waals surface area contributed by atoms with Crippen LogP contribution in [0.5, 0.6) is 0 Å². The van der Waals surface area contributed by atoms with Gasteiger partial charge in [-0.05, 0) is 49.4 Å². The first-order valence-corrected chi connectivity index (χ1v) is 6.95. The molecule has 102 valence electrons. The predicted molar refractivity (Wildman–Crippen MR) is 75.7 cm³/mol. The number of carbonyl (C=O) groups excluding carboxylic acids is 1. The molecule has 1 heterocycles. The maximum Gasteiger partial charge on any atom is 0.182 e. The van der Waals surface area contributed by atoms with Crippen molar-refractivity contribution in [2.45, 2.75) is 25.8 Å². The Morgan fingerprint density at radius 1 is 1.50 bits per heavy atom. The summed E-state index contributed by atoms with van der Waals surface area (Å²) in [6.45, 7) is 2.21. The van der Waals surface area contributed by atoms with Crippen LogP contribution in [0, 0.1) is 0 Å². The van der Waals surface area contributed by atoms with Crippen LogP contribution in [0.1, 0.15) is 29.8 Å². The van der Waals surface area contributed by atoms with E-state index in [-0.39, 0.29) is 5.78 Å². The molecule has 0 radical (unpaired) electrons. The smallest absolute Gasteiger partial charge is 0.182 e. The van der Waals surface area contributed by atoms with Gasteiger partial charge in [-0.2, -0.15) is 5.10 Å². The number of nitrogens with zero attached hydrogens (tertiary/aromatic N) is 3. The SMILES string of the molecule is CN(C)CCn1ncc(Br)c1C(=O)CCCCN. The molecule has 0 spiro atoms. The zero-order valence-electron chi connectivity index (χ0n) is 11.0. The van der Waals surface area contributed by atoms with Crippen molar-refractivity contribution in [3.05, 3.63) is 16.4 Å². The Hall–Kier alpha value is -0.720. The molecule has 0 atom stereocenters. The van der Waals surface area contributed by atoms with E-state index in [2.05, 4.69) is 25.9 Å². The van der Waals surface area contributed by atoms with Crippen LogP contribution < -0.4 is 5.73 Å². The molecule has 1 aromatic heterocycles. The molecule has 0 unspecified atom stereocenters. The van der Waals surface area contributed by atoms with Crippen molar-refractivity contribution in [3.8, 4) is 0 Å². The predicted octanol–water partition coefficient (Wildman–Crippen LogP) is 1.52. The molecule has 0 aromatic carbocycles. The maximum absolute atomic E-state index is 12.1. The third-order valence-electron chi connectivity index (χ3n) is 2.68. The van der Waals surface area contributed by atoms with E-state index >= 15 is 0 Å². The quantitative estimate of drug-likeness (QED) is 0.583. The number of carbonyl (C=O) groups is 1. The summed E-state index contributed by atoms with van der Waals surface area (Å²) in [6, 6.07) is 0. The molecule has 6 heteroatoms. The van der Waals surface area contributed by atoms with Gasteiger partial charge in [0, 0.05) is 13.0 Å². The number of nitrogens with two attached hydrogens (primary N) is 1. The van der Waals surface area contributed by atoms with Crippen molar-refractivity contribution in [3.63, 3.8) is 0 Å². The first-order valence-electron chi connectivity index (χ1n) is 6.15. The number of rotatable bonds is 8. The lowest BCUT2D eigenvalue weighted by Crippen LogP contribution is -2.21. The molecule has 0 saturated carbocycles. The summed E-state index contributed by atoms with van der Waals surface area (Å²) in [4.78, 5) is 14.2. The molecular weight excluding hydrogens is 296 g/mol. The summed E-state index contributed by atoms with van der Waals surface area (Å²) < 4.78 is 2.55. The van der Waals surface area contributed by atoms with Crippen molar-refractivity contribution in [1.29, 1.82) is 0 Å². The number of likely N-dealkylation sites (N-methyl/N-ethyl adjacent to an activating group) is 1. The minimum atomic E-state index is 0.131. The summed E-state index contributed by atoms with van der Waals surface area (Å²) in [5, 5.41) is 4.23. The minimum absolute atomic E-state index is 0.131. The van der Waals surface area contributed by atoms with E-state index in [4.69, 9.17) is 5.73 Å². The first kappa shape index (κ1) is 15.3. The molecule has 0 fully saturated rings. The van der Waals surface area contributed by atoms with Gasteiger partial charge >= 0.3 is 0 Å². The average molecular weight is 317 g/mol. The Bertz CT molecular complexity index is 389. The van der Waals surface area contributed by atoms with E-state index in [0.29, 0.717) is 18.7 Å². The van der Waals surface area contributed by atoms with Gasteiger partial charge in [-0.3, -0.25) is 9.48 Å². The van der Waals surface area contributed by atoms with Gasteiger partial charge in [0.2, 0.25) is 0 Å². The van der Waals surface area contributed by atoms with Crippen LogP contribution in [-0.4, -0.2) is 47.6 Å². The van der Waals surface area contributed by atoms with Gasteiger partial charge in [-0.15, -0.1) is 0 Å². The monoisotopic (exact) mass is 316 g/mol. The molecule has 0 aliphatic heterocycles. The maximum atomic E-state index is 12.1. The van der Waals surface area contributed by atoms with Crippen LogP contribution in [-0.2, 0) is 6.54 Å². The number of Topliss-reactive ketones (excluding diaryl/α,β-unsaturated/α-hetero) is 1. The number of unbranched alkanes of at least 4 members (excludes halogenated alkanes) is 1. The lowest BCUT2D eigenvalue weighted by molar-refractivity contribution is 0.0967. The van der Waals surface area contributed by atoms with Crippen LogP contribution in [0.4, 0.5) is 0 Å². The van der Waals surface area contributed by atoms with E-state index in [1.165, 1.54) is 0 Å². The fraction of sp³-hybridized carbons (Fsp3) is 0.667. The minimum Gasteiger partial charge on any atom is -0.330 e. The highest BCUT2D eigenvalue weighted by Crippen LogP contribution is 2.18. The van der Waals surface area contributed by atoms with Crippen molar-refractivity contribution < 1.29 is 4.79 Å². The fourth-order valence-corrected chi connectivity index (χ4v) is 2.17. The second-order valence-electron chi connectivity index (χ2n) is 4.54. The van der Waals surface area contributed by atoms with Crippen LogP contribution in [0.2, 0.25) is 0 Å². The molecule has 1 aromatic rings. The first-order chi connectivity index (χ1) is 8.56. The van der Waals surface area contributed by atoms with Crippen LogP contribution >= 0.6 is 15.9 Å². The molecule has 0 amide bonds. The van der Waals surface area contributed by atoms with Gasteiger partial charge in [0.05, 0.1) is 17.2 Å². The van der Waals surface area contributed by atoms with Crippen molar-refractivity contribution in [2.24, 2.45) is 5.73 Å². The van der Waals surface area contributed by atoms with Gasteiger partial charge in [0.25, 0.3) is 0 Å². The Morgan fingerprint density at radius 3 is 2.83 bits per heavy atom. The summed E-state index contributed by atoms with van der Waals surface area (Å²) in [7, 11) is 4.00. The number of hydrogen-bond donors (Lipinski definition) is 1. The highest BCUT2D eigenvalue weighted by atomic mass is 79.9. The van der Waals surface area contributed by atoms with E-state index in [9.17, 15) is 4.79 Å². The highest BCUT2D eigenvalue weighted by Gasteiger charge is 2.16. The third kappa shape index (κ3) is 4.51. The Kier molecular flexibility index (Phi) is 6.52. The average Bonchev–Trinajstić information content (AvgIpc) is 2.68. The summed E-state index contributed by atoms with van der Waals surface area (Å²) in [6.07, 6.45) is 3.94. The van der Waals surface area contributed by atoms with Gasteiger partial charge in [0.15, 0.2) is 5.78 Å². The molecule has 0 aliphatic rings. The van der Waals surface area contributed by atoms with Gasteiger partial charge in [-0.25, -0.2) is 0 Å². The fourth-order valence-electron chi connectivity index (χ4n) is 1.65. The summed E-state index contributed by atoms with van der Waals surface area (Å²) in [5.74, 6) is 0.131. The Morgan fingerprint density at radius 2 is 2.22 bits per heavy atom. The van der Waals surface area contributed by atoms with E-state index in [1.54, 1.807) is 10.9 Å². The molecule has 0 aliphatic carbocycles. The highest BCUT2D eigenvalue weighted by molar-refractivity contribution is 9.10. The van der Waals surface area contributed by atoms with Crippen LogP contribution in [0.3, 0.4) is 0 Å². The van der Waals surface area contributed by atoms with Gasteiger partial charge in [-0.1, -0.05) is 0 Å². The van der Waals surface area contributed by atoms with E-state index in [1.807, 2.05) is 14.1 Å². The number of halogens is 1. The standard InChI is InChI=1S/C12H21BrN4O/c1-16(2)7-8-17-12(10(13)9-15-17)11(18)5-3-4-6-14/h9H,3-8,14H2,1-2H3. The topological polar surface area (TPSA) is 64.2 Å². The molecule has 0 bridgehead atoms. The van der Waals surface area contributed by atoms with Crippen LogP contribution in [0.15, 0.2) is 10.7 Å². The Balaban J connectivity index is 2.67. The lowest BCUT2D eigenvalue weighted by Gasteiger charge is -2.11. The van der Waals surface area contributed by atoms with E-state index < -0.39 is 0 Å². The molecule has 2 N–H and O–H groups in total. The van der Waals surface area contributed by atoms with Crippen molar-refractivity contribution in [1.82, 2.24) is 14.7 Å². The normalized spacial score (nSPS) is 11.2. The number of hydrogen-bond acceptors (Lipinski definition) is 4. The van der Waals surface area contributed by atoms with Crippen LogP contribution in [0.25, 0.3) is 0 Å². The molecule has 18 heavy (non-hydrogen) atoms. The number of aromatic nitrogens is 2. The van der Waals surface area contributed by atoms with Gasteiger partial charge < -0.3 is 10.6 Å². The Labute approximate surface area is 116 Å². The number of ketones is 1. The summed E-state index contributed by atoms with van der Waals surface area (Å²) in [5.41, 5.74) is 6.11. The third-order valence-corrected chi connectivity index (χ3v) is 3.26. The lowest BCUT2D eigenvalue weighted by atomic mass is 10.1. The zero-order valence-corrected chi connectivity index (χ0v) is 12.6. The van der Waals surface area contributed by atoms with Gasteiger partial charge in [0.1, 0.15) is 5.69 Å². The summed E-state index contributed by atoms with van der Waals surface area (Å²) >= 11 is 3.39. The largest absolute Gasteiger partial charge is 0.330 e. The molecule has 5 nitrogen and oxygen atoms in total. The molecular formula is C12H21BrN4O. The zero-order chi connectivity index (χ0) is 13.5. The van der Waals surface area contributed by atoms with Crippen molar-refractivity contribution in [2.75, 3.05) is 27.2 Å². The molecule has 1 rings (SSSR count). The van der Waals surface area contributed by atoms with Crippen molar-refractivity contribution >= 4 is 21.7 Å². The second-order valence-corrected chi connectivity index (χ2v) is 5.39. The van der Waals surface area contributed by atoms with E-state index in [0.717, 1.165) is 30.4 Å². The second kappa shape index (κ2) is 7.66.